The van der Waals surface area contributed by atoms with Crippen LogP contribution in [0.2, 0.25) is 0 Å². The van der Waals surface area contributed by atoms with Gasteiger partial charge in [0.25, 0.3) is 0 Å². The van der Waals surface area contributed by atoms with Gasteiger partial charge in [0.05, 0.1) is 0 Å². The zero-order valence-electron chi connectivity index (χ0n) is 12.2. The molecule has 1 N–H and O–H groups in total. The van der Waals surface area contributed by atoms with Crippen LogP contribution in [-0.4, -0.2) is 5.71 Å². The molecule has 0 aromatic heterocycles. The maximum Gasteiger partial charge on any atom is 0.128 e. The normalized spacial score (nSPS) is 10.2. The summed E-state index contributed by atoms with van der Waals surface area (Å²) in [4.78, 5) is 0. The number of benzene rings is 3. The second kappa shape index (κ2) is 6.72. The molecule has 0 atom stereocenters. The molecule has 22 heavy (non-hydrogen) atoms. The number of ether oxygens (including phenoxy) is 1. The topological polar surface area (TPSA) is 33.1 Å². The summed E-state index contributed by atoms with van der Waals surface area (Å²) in [5.74, 6) is 1.55. The number of para-hydroxylation sites is 1. The number of hydrogen-bond donors (Lipinski definition) is 1. The predicted molar refractivity (Wildman–Crippen MR) is 89.9 cm³/mol. The van der Waals surface area contributed by atoms with Gasteiger partial charge in [0, 0.05) is 12.1 Å². The van der Waals surface area contributed by atoms with Crippen molar-refractivity contribution in [1.82, 2.24) is 0 Å². The molecule has 3 aromatic carbocycles. The summed E-state index contributed by atoms with van der Waals surface area (Å²) in [6.45, 7) is 0. The fourth-order valence-corrected chi connectivity index (χ4v) is 2.27. The lowest BCUT2D eigenvalue weighted by molar-refractivity contribution is 0.482. The van der Waals surface area contributed by atoms with Crippen molar-refractivity contribution in [3.05, 3.63) is 96.1 Å². The van der Waals surface area contributed by atoms with E-state index < -0.39 is 0 Å². The van der Waals surface area contributed by atoms with Crippen molar-refractivity contribution in [3.63, 3.8) is 0 Å². The van der Waals surface area contributed by atoms with Gasteiger partial charge in [0.1, 0.15) is 11.5 Å². The molecule has 0 spiro atoms. The molecule has 0 aliphatic heterocycles. The second-order valence-electron chi connectivity index (χ2n) is 5.08. The monoisotopic (exact) mass is 287 g/mol. The Kier molecular flexibility index (Phi) is 4.30. The van der Waals surface area contributed by atoms with Crippen LogP contribution in [0.3, 0.4) is 0 Å². The molecule has 0 amide bonds. The van der Waals surface area contributed by atoms with Crippen LogP contribution < -0.4 is 4.74 Å². The first-order valence-corrected chi connectivity index (χ1v) is 7.26. The molecular formula is C20H17NO. The van der Waals surface area contributed by atoms with Gasteiger partial charge in [-0.3, -0.25) is 0 Å². The average molecular weight is 287 g/mol. The van der Waals surface area contributed by atoms with Crippen LogP contribution in [0, 0.1) is 5.41 Å². The van der Waals surface area contributed by atoms with Crippen LogP contribution in [0.1, 0.15) is 11.1 Å². The van der Waals surface area contributed by atoms with Crippen molar-refractivity contribution in [3.8, 4) is 11.5 Å². The first kappa shape index (κ1) is 14.1. The van der Waals surface area contributed by atoms with E-state index in [0.29, 0.717) is 12.1 Å². The standard InChI is InChI=1S/C20H17NO/c21-20(14-16-8-3-1-4-9-16)17-10-7-13-19(15-17)22-18-11-5-2-6-12-18/h1-13,15,21H,14H2. The summed E-state index contributed by atoms with van der Waals surface area (Å²) in [5.41, 5.74) is 2.61. The van der Waals surface area contributed by atoms with Gasteiger partial charge in [0.2, 0.25) is 0 Å². The second-order valence-corrected chi connectivity index (χ2v) is 5.08. The Bertz CT molecular complexity index is 751. The van der Waals surface area contributed by atoms with E-state index >= 15 is 0 Å². The first-order valence-electron chi connectivity index (χ1n) is 7.26. The molecular weight excluding hydrogens is 270 g/mol. The number of hydrogen-bond acceptors (Lipinski definition) is 2. The van der Waals surface area contributed by atoms with Gasteiger partial charge in [-0.2, -0.15) is 0 Å². The van der Waals surface area contributed by atoms with E-state index in [1.165, 1.54) is 0 Å². The summed E-state index contributed by atoms with van der Waals surface area (Å²) in [6.07, 6.45) is 0.621. The molecule has 0 fully saturated rings. The average Bonchev–Trinajstić information content (AvgIpc) is 2.57. The molecule has 0 unspecified atom stereocenters. The summed E-state index contributed by atoms with van der Waals surface area (Å²) < 4.78 is 5.82. The minimum absolute atomic E-state index is 0.588. The van der Waals surface area contributed by atoms with Crippen molar-refractivity contribution in [1.29, 1.82) is 5.41 Å². The van der Waals surface area contributed by atoms with Crippen LogP contribution in [0.5, 0.6) is 11.5 Å². The van der Waals surface area contributed by atoms with Crippen LogP contribution in [0.4, 0.5) is 0 Å². The Morgan fingerprint density at radius 3 is 2.09 bits per heavy atom. The maximum absolute atomic E-state index is 8.29. The van der Waals surface area contributed by atoms with Gasteiger partial charge in [-0.15, -0.1) is 0 Å². The first-order chi connectivity index (χ1) is 10.8. The van der Waals surface area contributed by atoms with E-state index in [1.54, 1.807) is 0 Å². The summed E-state index contributed by atoms with van der Waals surface area (Å²) in [5, 5.41) is 8.29. The van der Waals surface area contributed by atoms with Gasteiger partial charge < -0.3 is 10.1 Å². The molecule has 0 radical (unpaired) electrons. The summed E-state index contributed by atoms with van der Waals surface area (Å²) in [7, 11) is 0. The maximum atomic E-state index is 8.29. The van der Waals surface area contributed by atoms with E-state index in [9.17, 15) is 0 Å². The van der Waals surface area contributed by atoms with Crippen molar-refractivity contribution >= 4 is 5.71 Å². The Morgan fingerprint density at radius 1 is 0.727 bits per heavy atom. The Hall–Kier alpha value is -2.87. The van der Waals surface area contributed by atoms with Gasteiger partial charge in [-0.25, -0.2) is 0 Å². The van der Waals surface area contributed by atoms with Gasteiger partial charge in [0.15, 0.2) is 0 Å². The molecule has 0 saturated heterocycles. The van der Waals surface area contributed by atoms with Crippen molar-refractivity contribution in [2.24, 2.45) is 0 Å². The third-order valence-electron chi connectivity index (χ3n) is 3.39. The van der Waals surface area contributed by atoms with Crippen LogP contribution in [0.15, 0.2) is 84.9 Å². The Balaban J connectivity index is 1.75. The SMILES string of the molecule is N=C(Cc1ccccc1)c1cccc(Oc2ccccc2)c1. The molecule has 108 valence electrons. The molecule has 0 bridgehead atoms. The third kappa shape index (κ3) is 3.61. The van der Waals surface area contributed by atoms with Crippen molar-refractivity contribution in [2.45, 2.75) is 6.42 Å². The van der Waals surface area contributed by atoms with Crippen LogP contribution >= 0.6 is 0 Å². The van der Waals surface area contributed by atoms with Gasteiger partial charge >= 0.3 is 0 Å². The number of rotatable bonds is 5. The smallest absolute Gasteiger partial charge is 0.128 e. The summed E-state index contributed by atoms with van der Waals surface area (Å²) >= 11 is 0. The van der Waals surface area contributed by atoms with E-state index in [1.807, 2.05) is 84.9 Å². The zero-order valence-corrected chi connectivity index (χ0v) is 12.2. The molecule has 2 heteroatoms. The van der Waals surface area contributed by atoms with E-state index in [0.717, 1.165) is 22.6 Å². The van der Waals surface area contributed by atoms with Crippen LogP contribution in [0.25, 0.3) is 0 Å². The molecule has 0 aliphatic carbocycles. The van der Waals surface area contributed by atoms with E-state index in [-0.39, 0.29) is 0 Å². The van der Waals surface area contributed by atoms with Gasteiger partial charge in [-0.1, -0.05) is 60.7 Å². The minimum atomic E-state index is 0.588. The highest BCUT2D eigenvalue weighted by Gasteiger charge is 2.05. The molecule has 0 heterocycles. The minimum Gasteiger partial charge on any atom is -0.457 e. The lowest BCUT2D eigenvalue weighted by Crippen LogP contribution is -2.03. The van der Waals surface area contributed by atoms with E-state index in [2.05, 4.69) is 0 Å². The fraction of sp³-hybridized carbons (Fsp3) is 0.0500. The fourth-order valence-electron chi connectivity index (χ4n) is 2.27. The number of nitrogens with one attached hydrogen (secondary N) is 1. The molecule has 3 aromatic rings. The van der Waals surface area contributed by atoms with Crippen molar-refractivity contribution in [2.75, 3.05) is 0 Å². The lowest BCUT2D eigenvalue weighted by Gasteiger charge is -2.09. The third-order valence-corrected chi connectivity index (χ3v) is 3.39. The highest BCUT2D eigenvalue weighted by molar-refractivity contribution is 5.99. The van der Waals surface area contributed by atoms with Crippen LogP contribution in [-0.2, 0) is 6.42 Å². The molecule has 2 nitrogen and oxygen atoms in total. The zero-order chi connectivity index (χ0) is 15.2. The quantitative estimate of drug-likeness (QED) is 0.651. The largest absolute Gasteiger partial charge is 0.457 e. The lowest BCUT2D eigenvalue weighted by atomic mass is 10.0. The molecule has 0 saturated carbocycles. The predicted octanol–water partition coefficient (Wildman–Crippen LogP) is 5.09. The van der Waals surface area contributed by atoms with Crippen molar-refractivity contribution < 1.29 is 4.74 Å². The highest BCUT2D eigenvalue weighted by Crippen LogP contribution is 2.22. The Labute approximate surface area is 130 Å². The van der Waals surface area contributed by atoms with Gasteiger partial charge in [-0.05, 0) is 35.4 Å². The summed E-state index contributed by atoms with van der Waals surface area (Å²) in [6, 6.07) is 27.4. The molecule has 3 rings (SSSR count). The molecule has 0 aliphatic rings. The Morgan fingerprint density at radius 2 is 1.36 bits per heavy atom. The van der Waals surface area contributed by atoms with E-state index in [4.69, 9.17) is 10.1 Å². The highest BCUT2D eigenvalue weighted by atomic mass is 16.5.